The molecule has 1 N–H and O–H groups in total. The van der Waals surface area contributed by atoms with Gasteiger partial charge in [-0.15, -0.1) is 0 Å². The summed E-state index contributed by atoms with van der Waals surface area (Å²) in [6.45, 7) is 0. The number of fused-ring (bicyclic) bond motifs is 4. The van der Waals surface area contributed by atoms with Gasteiger partial charge in [0.25, 0.3) is 0 Å². The van der Waals surface area contributed by atoms with Crippen LogP contribution >= 0.6 is 0 Å². The molecule has 8 aromatic rings. The number of aromatic nitrogens is 2. The van der Waals surface area contributed by atoms with Crippen molar-refractivity contribution in [2.45, 2.75) is 0 Å². The fraction of sp³-hybridized carbons (Fsp3) is 0. The van der Waals surface area contributed by atoms with Crippen LogP contribution in [0.5, 0.6) is 0 Å². The lowest BCUT2D eigenvalue weighted by Gasteiger charge is -2.10. The quantitative estimate of drug-likeness (QED) is 0.154. The van der Waals surface area contributed by atoms with Crippen LogP contribution in [0.2, 0.25) is 0 Å². The van der Waals surface area contributed by atoms with Crippen molar-refractivity contribution in [1.82, 2.24) is 9.55 Å². The molecule has 0 amide bonds. The Hall–Kier alpha value is -6.40. The summed E-state index contributed by atoms with van der Waals surface area (Å²) in [6, 6.07) is 49.4. The molecule has 8 rings (SSSR count). The van der Waals surface area contributed by atoms with Gasteiger partial charge >= 0.3 is 0 Å². The van der Waals surface area contributed by atoms with Crippen LogP contribution in [0.3, 0.4) is 0 Å². The monoisotopic (exact) mass is 593 g/mol. The molecule has 0 saturated heterocycles. The fourth-order valence-electron chi connectivity index (χ4n) is 5.95. The van der Waals surface area contributed by atoms with Gasteiger partial charge in [-0.05, 0) is 71.3 Å². The molecule has 0 unspecified atom stereocenters. The number of para-hydroxylation sites is 3. The first-order valence-electron chi connectivity index (χ1n) is 15.0. The number of nitrogens with one attached hydrogen (secondary N) is 1. The molecule has 0 saturated carbocycles. The van der Waals surface area contributed by atoms with Crippen LogP contribution in [0.15, 0.2) is 160 Å². The summed E-state index contributed by atoms with van der Waals surface area (Å²) >= 11 is 0. The van der Waals surface area contributed by atoms with Gasteiger partial charge in [-0.3, -0.25) is 5.41 Å². The van der Waals surface area contributed by atoms with E-state index < -0.39 is 0 Å². The largest absolute Gasteiger partial charge is 0.436 e. The Labute approximate surface area is 265 Å². The minimum Gasteiger partial charge on any atom is -0.436 e. The van der Waals surface area contributed by atoms with Gasteiger partial charge in [0.2, 0.25) is 5.89 Å². The molecule has 0 fully saturated rings. The number of benzene rings is 6. The predicted octanol–water partition coefficient (Wildman–Crippen LogP) is 9.73. The summed E-state index contributed by atoms with van der Waals surface area (Å²) < 4.78 is 8.39. The van der Waals surface area contributed by atoms with Gasteiger partial charge in [-0.2, -0.15) is 0 Å². The van der Waals surface area contributed by atoms with Crippen LogP contribution in [-0.4, -0.2) is 27.9 Å². The van der Waals surface area contributed by atoms with E-state index in [2.05, 4.69) is 93.4 Å². The van der Waals surface area contributed by atoms with E-state index in [9.17, 15) is 0 Å². The molecule has 0 aliphatic carbocycles. The summed E-state index contributed by atoms with van der Waals surface area (Å²) in [5, 5.41) is 9.76. The van der Waals surface area contributed by atoms with E-state index in [-0.39, 0.29) is 0 Å². The third kappa shape index (κ3) is 4.98. The molecule has 2 heterocycles. The summed E-state index contributed by atoms with van der Waals surface area (Å²) in [4.78, 5) is 13.5. The Morgan fingerprint density at radius 1 is 0.652 bits per heavy atom. The van der Waals surface area contributed by atoms with E-state index in [0.29, 0.717) is 11.7 Å². The summed E-state index contributed by atoms with van der Waals surface area (Å²) in [5.74, 6) is 1.12. The second-order valence-electron chi connectivity index (χ2n) is 10.9. The van der Waals surface area contributed by atoms with E-state index in [1.54, 1.807) is 6.21 Å². The highest BCUT2D eigenvalue weighted by Crippen LogP contribution is 2.36. The Balaban J connectivity index is 1.13. The summed E-state index contributed by atoms with van der Waals surface area (Å²) in [5.41, 5.74) is 9.93. The van der Waals surface area contributed by atoms with Crippen molar-refractivity contribution in [2.24, 2.45) is 9.98 Å². The van der Waals surface area contributed by atoms with E-state index >= 15 is 0 Å². The Kier molecular flexibility index (Phi) is 6.85. The van der Waals surface area contributed by atoms with Gasteiger partial charge < -0.3 is 8.98 Å². The molecule has 6 nitrogen and oxygen atoms in total. The topological polar surface area (TPSA) is 79.5 Å². The molecule has 6 aromatic carbocycles. The molecular weight excluding hydrogens is 566 g/mol. The molecule has 0 radical (unpaired) electrons. The number of amidine groups is 1. The molecule has 0 aliphatic heterocycles. The predicted molar refractivity (Wildman–Crippen MR) is 189 cm³/mol. The lowest BCUT2D eigenvalue weighted by atomic mass is 10.0. The maximum absolute atomic E-state index is 7.44. The molecule has 6 heteroatoms. The lowest BCUT2D eigenvalue weighted by molar-refractivity contribution is 0.620. The third-order valence-electron chi connectivity index (χ3n) is 8.11. The Morgan fingerprint density at radius 2 is 1.41 bits per heavy atom. The summed E-state index contributed by atoms with van der Waals surface area (Å²) in [6.07, 6.45) is 2.81. The Morgan fingerprint density at radius 3 is 2.26 bits per heavy atom. The van der Waals surface area contributed by atoms with Crippen LogP contribution in [0.4, 0.5) is 0 Å². The van der Waals surface area contributed by atoms with E-state index in [1.165, 1.54) is 5.39 Å². The van der Waals surface area contributed by atoms with Gasteiger partial charge in [-0.1, -0.05) is 91.0 Å². The normalized spacial score (nSPS) is 12.0. The number of oxazole rings is 1. The maximum Gasteiger partial charge on any atom is 0.227 e. The number of rotatable bonds is 6. The van der Waals surface area contributed by atoms with E-state index in [4.69, 9.17) is 14.8 Å². The number of hydrogen-bond acceptors (Lipinski definition) is 3. The molecule has 0 bridgehead atoms. The van der Waals surface area contributed by atoms with E-state index in [0.717, 1.165) is 67.4 Å². The van der Waals surface area contributed by atoms with Crippen LogP contribution in [-0.2, 0) is 0 Å². The zero-order valence-corrected chi connectivity index (χ0v) is 24.7. The fourth-order valence-corrected chi connectivity index (χ4v) is 5.95. The first-order valence-corrected chi connectivity index (χ1v) is 15.0. The SMILES string of the molecule is N=CN=C(N=Cc1cccc(-c2ccc(-n3c4ccccc4c4cc(-c5nc6ccccc6o5)ccc43)cc2)c1)c1ccccc1. The van der Waals surface area contributed by atoms with Crippen molar-refractivity contribution in [3.8, 4) is 28.3 Å². The van der Waals surface area contributed by atoms with Crippen molar-refractivity contribution in [3.05, 3.63) is 157 Å². The van der Waals surface area contributed by atoms with Crippen LogP contribution in [0.1, 0.15) is 11.1 Å². The maximum atomic E-state index is 7.44. The van der Waals surface area contributed by atoms with Crippen LogP contribution in [0, 0.1) is 5.41 Å². The van der Waals surface area contributed by atoms with Crippen molar-refractivity contribution >= 4 is 51.3 Å². The van der Waals surface area contributed by atoms with Crippen molar-refractivity contribution in [3.63, 3.8) is 0 Å². The molecule has 46 heavy (non-hydrogen) atoms. The molecule has 2 aromatic heterocycles. The minimum absolute atomic E-state index is 0.498. The van der Waals surface area contributed by atoms with E-state index in [1.807, 2.05) is 66.7 Å². The molecule has 0 spiro atoms. The summed E-state index contributed by atoms with van der Waals surface area (Å²) in [7, 11) is 0. The lowest BCUT2D eigenvalue weighted by Crippen LogP contribution is -1.98. The smallest absolute Gasteiger partial charge is 0.227 e. The second-order valence-corrected chi connectivity index (χ2v) is 10.9. The third-order valence-corrected chi connectivity index (χ3v) is 8.11. The van der Waals surface area contributed by atoms with Crippen LogP contribution < -0.4 is 0 Å². The first-order chi connectivity index (χ1) is 22.7. The minimum atomic E-state index is 0.498. The molecule has 0 aliphatic rings. The van der Waals surface area contributed by atoms with Crippen molar-refractivity contribution in [1.29, 1.82) is 5.41 Å². The van der Waals surface area contributed by atoms with Gasteiger partial charge in [0, 0.05) is 33.8 Å². The second kappa shape index (κ2) is 11.6. The number of nitrogens with zero attached hydrogens (tertiary/aromatic N) is 4. The van der Waals surface area contributed by atoms with Crippen molar-refractivity contribution in [2.75, 3.05) is 0 Å². The average molecular weight is 594 g/mol. The zero-order chi connectivity index (χ0) is 30.9. The Bertz CT molecular complexity index is 2400. The van der Waals surface area contributed by atoms with Gasteiger partial charge in [0.15, 0.2) is 11.4 Å². The van der Waals surface area contributed by atoms with Crippen LogP contribution in [0.25, 0.3) is 61.2 Å². The van der Waals surface area contributed by atoms with Gasteiger partial charge in [0.05, 0.1) is 11.0 Å². The average Bonchev–Trinajstić information content (AvgIpc) is 3.70. The number of aliphatic imine (C=N–C) groups is 2. The highest BCUT2D eigenvalue weighted by Gasteiger charge is 2.15. The molecule has 218 valence electrons. The van der Waals surface area contributed by atoms with Crippen molar-refractivity contribution < 1.29 is 4.42 Å². The van der Waals surface area contributed by atoms with Gasteiger partial charge in [0.1, 0.15) is 11.9 Å². The van der Waals surface area contributed by atoms with Gasteiger partial charge in [-0.25, -0.2) is 15.0 Å². The standard InChI is InChI=1S/C40H27N5O/c41-26-43-39(29-10-2-1-3-11-29)42-25-27-9-8-12-30(23-27)28-17-20-32(21-18-28)45-36-15-6-4-13-33(36)34-24-31(19-22-37(34)45)40-44-35-14-5-7-16-38(35)46-40/h1-26,41H. The highest BCUT2D eigenvalue weighted by atomic mass is 16.3. The zero-order valence-electron chi connectivity index (χ0n) is 24.7. The first kappa shape index (κ1) is 27.2. The number of hydrogen-bond donors (Lipinski definition) is 1. The molecule has 0 atom stereocenters. The molecular formula is C40H27N5O. The highest BCUT2D eigenvalue weighted by molar-refractivity contribution is 6.10.